The highest BCUT2D eigenvalue weighted by atomic mass is 16.6. The van der Waals surface area contributed by atoms with Gasteiger partial charge in [0.1, 0.15) is 13.2 Å². The van der Waals surface area contributed by atoms with Gasteiger partial charge in [-0.1, -0.05) is 136 Å². The number of fused-ring (bicyclic) bond motifs is 6. The van der Waals surface area contributed by atoms with Gasteiger partial charge in [-0.25, -0.2) is 9.59 Å². The molecule has 0 aromatic heterocycles. The molecular formula is C46H50N2O8. The number of carboxylic acids is 2. The normalized spacial score (nSPS) is 21.3. The van der Waals surface area contributed by atoms with E-state index in [1.807, 2.05) is 48.5 Å². The minimum absolute atomic E-state index is 0.00237. The Hall–Kier alpha value is -5.64. The lowest BCUT2D eigenvalue weighted by molar-refractivity contribution is -0.144. The monoisotopic (exact) mass is 758 g/mol. The summed E-state index contributed by atoms with van der Waals surface area (Å²) in [7, 11) is 0. The number of carbonyl (C=O) groups excluding carboxylic acids is 2. The van der Waals surface area contributed by atoms with Crippen molar-refractivity contribution >= 4 is 24.1 Å². The van der Waals surface area contributed by atoms with Crippen LogP contribution in [0.5, 0.6) is 0 Å². The van der Waals surface area contributed by atoms with Crippen molar-refractivity contribution in [1.29, 1.82) is 0 Å². The Morgan fingerprint density at radius 3 is 1.09 bits per heavy atom. The second-order valence-electron chi connectivity index (χ2n) is 15.3. The highest BCUT2D eigenvalue weighted by molar-refractivity contribution is 5.80. The van der Waals surface area contributed by atoms with Crippen molar-refractivity contribution in [3.63, 3.8) is 0 Å². The van der Waals surface area contributed by atoms with E-state index in [-0.39, 0.29) is 37.1 Å². The van der Waals surface area contributed by atoms with Crippen molar-refractivity contribution in [2.75, 3.05) is 13.2 Å². The van der Waals surface area contributed by atoms with Crippen LogP contribution in [0, 0.1) is 11.8 Å². The maximum atomic E-state index is 12.4. The zero-order valence-corrected chi connectivity index (χ0v) is 31.5. The fourth-order valence-electron chi connectivity index (χ4n) is 9.13. The van der Waals surface area contributed by atoms with Crippen LogP contribution in [0.15, 0.2) is 97.1 Å². The number of aliphatic carboxylic acids is 2. The zero-order valence-electron chi connectivity index (χ0n) is 31.5. The highest BCUT2D eigenvalue weighted by Crippen LogP contribution is 2.45. The molecule has 8 rings (SSSR count). The van der Waals surface area contributed by atoms with Gasteiger partial charge < -0.3 is 30.3 Å². The number of carbonyl (C=O) groups is 4. The van der Waals surface area contributed by atoms with E-state index in [1.165, 1.54) is 22.3 Å². The lowest BCUT2D eigenvalue weighted by Gasteiger charge is -2.23. The van der Waals surface area contributed by atoms with Gasteiger partial charge in [-0.3, -0.25) is 9.59 Å². The summed E-state index contributed by atoms with van der Waals surface area (Å²) in [6, 6.07) is 32.0. The van der Waals surface area contributed by atoms with Crippen LogP contribution in [0.2, 0.25) is 0 Å². The first-order valence-electron chi connectivity index (χ1n) is 20.0. The Kier molecular flexibility index (Phi) is 12.3. The van der Waals surface area contributed by atoms with E-state index in [0.29, 0.717) is 25.7 Å². The Bertz CT molecular complexity index is 1810. The maximum Gasteiger partial charge on any atom is 0.407 e. The number of ether oxygens (including phenoxy) is 2. The van der Waals surface area contributed by atoms with E-state index >= 15 is 0 Å². The first kappa shape index (κ1) is 38.6. The topological polar surface area (TPSA) is 151 Å². The molecule has 4 aromatic rings. The number of rotatable bonds is 8. The van der Waals surface area contributed by atoms with Crippen LogP contribution in [-0.2, 0) is 19.1 Å². The van der Waals surface area contributed by atoms with E-state index in [9.17, 15) is 29.4 Å². The Morgan fingerprint density at radius 2 is 0.768 bits per heavy atom. The predicted molar refractivity (Wildman–Crippen MR) is 212 cm³/mol. The zero-order chi connectivity index (χ0) is 39.0. The van der Waals surface area contributed by atoms with E-state index in [2.05, 4.69) is 59.2 Å². The molecule has 0 spiro atoms. The average Bonchev–Trinajstić information content (AvgIpc) is 3.42. The number of hydrogen-bond donors (Lipinski definition) is 4. The maximum absolute atomic E-state index is 12.4. The molecule has 4 aliphatic carbocycles. The largest absolute Gasteiger partial charge is 0.481 e. The van der Waals surface area contributed by atoms with Crippen LogP contribution in [0.1, 0.15) is 98.3 Å². The molecular weight excluding hydrogens is 709 g/mol. The summed E-state index contributed by atoms with van der Waals surface area (Å²) < 4.78 is 11.1. The molecule has 2 amide bonds. The molecule has 4 aromatic carbocycles. The van der Waals surface area contributed by atoms with E-state index < -0.39 is 36.0 Å². The summed E-state index contributed by atoms with van der Waals surface area (Å²) in [6.07, 6.45) is 7.16. The van der Waals surface area contributed by atoms with Gasteiger partial charge in [0.25, 0.3) is 0 Å². The lowest BCUT2D eigenvalue weighted by Crippen LogP contribution is -2.43. The van der Waals surface area contributed by atoms with Gasteiger partial charge in [-0.05, 0) is 70.2 Å². The number of alkyl carbamates (subject to hydrolysis) is 2. The van der Waals surface area contributed by atoms with Crippen LogP contribution in [0.25, 0.3) is 22.3 Å². The minimum Gasteiger partial charge on any atom is -0.481 e. The lowest BCUT2D eigenvalue weighted by atomic mass is 9.95. The van der Waals surface area contributed by atoms with Crippen molar-refractivity contribution in [1.82, 2.24) is 10.6 Å². The fourth-order valence-corrected chi connectivity index (χ4v) is 9.13. The number of hydrogen-bond acceptors (Lipinski definition) is 6. The van der Waals surface area contributed by atoms with Crippen LogP contribution in [-0.4, -0.2) is 59.6 Å². The number of nitrogens with one attached hydrogen (secondary N) is 2. The third kappa shape index (κ3) is 8.59. The third-order valence-electron chi connectivity index (χ3n) is 12.0. The molecule has 56 heavy (non-hydrogen) atoms. The van der Waals surface area contributed by atoms with Crippen LogP contribution < -0.4 is 10.6 Å². The van der Waals surface area contributed by atoms with Crippen LogP contribution >= 0.6 is 0 Å². The first-order valence-corrected chi connectivity index (χ1v) is 20.0. The Morgan fingerprint density at radius 1 is 0.464 bits per heavy atom. The molecule has 2 saturated carbocycles. The SMILES string of the molecule is O=C(N[C@@H]1CCCCC[C@@H]1C(=O)O)OCC1c2ccccc2-c2ccccc21.O=C(N[C@H]1CCCCC[C@H]1C(=O)O)OCC1c2ccccc2-c2ccccc21. The molecule has 4 aliphatic rings. The van der Waals surface area contributed by atoms with E-state index in [1.54, 1.807) is 0 Å². The van der Waals surface area contributed by atoms with Crippen molar-refractivity contribution in [3.05, 3.63) is 119 Å². The quantitative estimate of drug-likeness (QED) is 0.130. The molecule has 0 radical (unpaired) electrons. The number of benzene rings is 4. The molecule has 0 heterocycles. The first-order chi connectivity index (χ1) is 27.3. The summed E-state index contributed by atoms with van der Waals surface area (Å²) in [5.41, 5.74) is 9.37. The molecule has 292 valence electrons. The summed E-state index contributed by atoms with van der Waals surface area (Å²) in [5, 5.41) is 24.6. The molecule has 0 bridgehead atoms. The van der Waals surface area contributed by atoms with Gasteiger partial charge in [0.05, 0.1) is 11.8 Å². The summed E-state index contributed by atoms with van der Waals surface area (Å²) in [6.45, 7) is 0.481. The van der Waals surface area contributed by atoms with E-state index in [4.69, 9.17) is 9.47 Å². The molecule has 2 fully saturated rings. The fraction of sp³-hybridized carbons (Fsp3) is 0.391. The van der Waals surface area contributed by atoms with Crippen molar-refractivity contribution in [2.45, 2.75) is 88.1 Å². The molecule has 10 nitrogen and oxygen atoms in total. The Labute approximate surface area is 327 Å². The molecule has 4 N–H and O–H groups in total. The van der Waals surface area contributed by atoms with Gasteiger partial charge in [-0.2, -0.15) is 0 Å². The summed E-state index contributed by atoms with van der Waals surface area (Å²) in [4.78, 5) is 48.0. The smallest absolute Gasteiger partial charge is 0.407 e. The third-order valence-corrected chi connectivity index (χ3v) is 12.0. The predicted octanol–water partition coefficient (Wildman–Crippen LogP) is 9.12. The van der Waals surface area contributed by atoms with Gasteiger partial charge in [0.2, 0.25) is 0 Å². The standard InChI is InChI=1S/2C23H25NO4/c2*25-22(26)19-12-2-1-3-13-21(19)24-23(27)28-14-20-17-10-6-4-8-15(17)16-9-5-7-11-18(16)20/h2*4-11,19-21H,1-3,12-14H2,(H,24,27)(H,25,26)/t2*19-,21+/m10/s1. The second kappa shape index (κ2) is 17.9. The van der Waals surface area contributed by atoms with Gasteiger partial charge in [0, 0.05) is 23.9 Å². The van der Waals surface area contributed by atoms with Crippen LogP contribution in [0.3, 0.4) is 0 Å². The van der Waals surface area contributed by atoms with Crippen LogP contribution in [0.4, 0.5) is 9.59 Å². The average molecular weight is 759 g/mol. The highest BCUT2D eigenvalue weighted by Gasteiger charge is 2.34. The van der Waals surface area contributed by atoms with E-state index in [0.717, 1.165) is 60.8 Å². The van der Waals surface area contributed by atoms with Crippen molar-refractivity contribution in [3.8, 4) is 22.3 Å². The molecule has 0 saturated heterocycles. The van der Waals surface area contributed by atoms with Gasteiger partial charge in [-0.15, -0.1) is 0 Å². The minimum atomic E-state index is -0.842. The molecule has 4 atom stereocenters. The van der Waals surface area contributed by atoms with Crippen molar-refractivity contribution < 1.29 is 38.9 Å². The molecule has 0 aliphatic heterocycles. The van der Waals surface area contributed by atoms with Gasteiger partial charge >= 0.3 is 24.1 Å². The van der Waals surface area contributed by atoms with Crippen molar-refractivity contribution in [2.24, 2.45) is 11.8 Å². The molecule has 10 heteroatoms. The number of amides is 2. The Balaban J connectivity index is 0.000000172. The van der Waals surface area contributed by atoms with Gasteiger partial charge in [0.15, 0.2) is 0 Å². The second-order valence-corrected chi connectivity index (χ2v) is 15.3. The number of carboxylic acid groups (broad SMARTS) is 2. The molecule has 0 unspecified atom stereocenters. The summed E-state index contributed by atoms with van der Waals surface area (Å²) in [5.74, 6) is -2.76. The summed E-state index contributed by atoms with van der Waals surface area (Å²) >= 11 is 0.